The van der Waals surface area contributed by atoms with E-state index in [-0.39, 0.29) is 0 Å². The van der Waals surface area contributed by atoms with Crippen LogP contribution in [-0.4, -0.2) is 6.79 Å². The van der Waals surface area contributed by atoms with Crippen LogP contribution in [0.3, 0.4) is 0 Å². The summed E-state index contributed by atoms with van der Waals surface area (Å²) in [7, 11) is 0. The second-order valence-electron chi connectivity index (χ2n) is 5.32. The first-order valence-electron chi connectivity index (χ1n) is 6.95. The Kier molecular flexibility index (Phi) is 3.50. The molecular formula is C17H19NO2. The van der Waals surface area contributed by atoms with E-state index in [0.717, 1.165) is 23.7 Å². The fraction of sp³-hybridized carbons (Fsp3) is 0.294. The molecule has 20 heavy (non-hydrogen) atoms. The van der Waals surface area contributed by atoms with Crippen molar-refractivity contribution in [3.63, 3.8) is 0 Å². The Hall–Kier alpha value is -2.16. The van der Waals surface area contributed by atoms with Gasteiger partial charge in [-0.1, -0.05) is 32.0 Å². The lowest BCUT2D eigenvalue weighted by Crippen LogP contribution is -1.99. The summed E-state index contributed by atoms with van der Waals surface area (Å²) in [4.78, 5) is 0. The molecule has 1 N–H and O–H groups in total. The summed E-state index contributed by atoms with van der Waals surface area (Å²) in [6.45, 7) is 5.50. The second kappa shape index (κ2) is 5.45. The van der Waals surface area contributed by atoms with Crippen LogP contribution in [-0.2, 0) is 6.54 Å². The van der Waals surface area contributed by atoms with Gasteiger partial charge in [0.25, 0.3) is 0 Å². The van der Waals surface area contributed by atoms with Crippen LogP contribution in [0.2, 0.25) is 0 Å². The van der Waals surface area contributed by atoms with Gasteiger partial charge in [-0.05, 0) is 41.3 Å². The van der Waals surface area contributed by atoms with Gasteiger partial charge in [0.2, 0.25) is 6.79 Å². The zero-order valence-corrected chi connectivity index (χ0v) is 11.8. The molecule has 0 radical (unpaired) electrons. The third-order valence-corrected chi connectivity index (χ3v) is 3.51. The van der Waals surface area contributed by atoms with E-state index in [1.54, 1.807) is 0 Å². The fourth-order valence-electron chi connectivity index (χ4n) is 2.24. The topological polar surface area (TPSA) is 30.5 Å². The van der Waals surface area contributed by atoms with E-state index in [4.69, 9.17) is 9.47 Å². The molecular weight excluding hydrogens is 250 g/mol. The Bertz CT molecular complexity index is 590. The Labute approximate surface area is 119 Å². The summed E-state index contributed by atoms with van der Waals surface area (Å²) in [5, 5.41) is 3.42. The van der Waals surface area contributed by atoms with Gasteiger partial charge in [-0.15, -0.1) is 0 Å². The van der Waals surface area contributed by atoms with E-state index in [2.05, 4.69) is 49.5 Å². The molecule has 0 fully saturated rings. The van der Waals surface area contributed by atoms with Crippen LogP contribution >= 0.6 is 0 Å². The first kappa shape index (κ1) is 12.9. The van der Waals surface area contributed by atoms with Gasteiger partial charge in [-0.25, -0.2) is 0 Å². The van der Waals surface area contributed by atoms with Crippen LogP contribution in [0.1, 0.15) is 30.9 Å². The molecule has 3 nitrogen and oxygen atoms in total. The van der Waals surface area contributed by atoms with E-state index in [9.17, 15) is 0 Å². The summed E-state index contributed by atoms with van der Waals surface area (Å²) in [5.74, 6) is 2.23. The molecule has 1 aliphatic rings. The third kappa shape index (κ3) is 2.72. The van der Waals surface area contributed by atoms with E-state index in [0.29, 0.717) is 12.7 Å². The average Bonchev–Trinajstić information content (AvgIpc) is 2.93. The van der Waals surface area contributed by atoms with Gasteiger partial charge in [0.1, 0.15) is 0 Å². The fourth-order valence-corrected chi connectivity index (χ4v) is 2.24. The molecule has 0 aromatic heterocycles. The summed E-state index contributed by atoms with van der Waals surface area (Å²) in [5.41, 5.74) is 3.67. The zero-order chi connectivity index (χ0) is 13.9. The number of hydrogen-bond acceptors (Lipinski definition) is 3. The highest BCUT2D eigenvalue weighted by molar-refractivity contribution is 5.48. The minimum Gasteiger partial charge on any atom is -0.454 e. The van der Waals surface area contributed by atoms with Gasteiger partial charge in [-0.2, -0.15) is 0 Å². The summed E-state index contributed by atoms with van der Waals surface area (Å²) in [6.07, 6.45) is 0. The molecule has 0 aliphatic carbocycles. The molecule has 1 aliphatic heterocycles. The number of benzene rings is 2. The number of ether oxygens (including phenoxy) is 2. The minimum atomic E-state index is 0.322. The Morgan fingerprint density at radius 1 is 1.00 bits per heavy atom. The quantitative estimate of drug-likeness (QED) is 0.904. The number of nitrogens with one attached hydrogen (secondary N) is 1. The maximum absolute atomic E-state index is 5.38. The average molecular weight is 269 g/mol. The van der Waals surface area contributed by atoms with Crippen LogP contribution in [0.25, 0.3) is 0 Å². The van der Waals surface area contributed by atoms with Crippen molar-refractivity contribution >= 4 is 5.69 Å². The molecule has 2 aromatic rings. The maximum Gasteiger partial charge on any atom is 0.231 e. The van der Waals surface area contributed by atoms with Gasteiger partial charge in [0.15, 0.2) is 11.5 Å². The first-order valence-corrected chi connectivity index (χ1v) is 6.95. The first-order chi connectivity index (χ1) is 9.72. The smallest absolute Gasteiger partial charge is 0.231 e. The van der Waals surface area contributed by atoms with Crippen molar-refractivity contribution in [3.05, 3.63) is 53.6 Å². The van der Waals surface area contributed by atoms with E-state index in [1.165, 1.54) is 11.1 Å². The molecule has 3 heteroatoms. The predicted molar refractivity (Wildman–Crippen MR) is 80.4 cm³/mol. The molecule has 0 unspecified atom stereocenters. The minimum absolute atomic E-state index is 0.322. The molecule has 0 saturated carbocycles. The summed E-state index contributed by atoms with van der Waals surface area (Å²) >= 11 is 0. The highest BCUT2D eigenvalue weighted by Gasteiger charge is 2.12. The Morgan fingerprint density at radius 2 is 1.75 bits per heavy atom. The van der Waals surface area contributed by atoms with Crippen molar-refractivity contribution in [3.8, 4) is 11.5 Å². The molecule has 0 amide bonds. The lowest BCUT2D eigenvalue weighted by atomic mass is 10.0. The molecule has 0 saturated heterocycles. The Morgan fingerprint density at radius 3 is 2.50 bits per heavy atom. The van der Waals surface area contributed by atoms with Crippen molar-refractivity contribution in [1.29, 1.82) is 0 Å². The molecule has 1 heterocycles. The van der Waals surface area contributed by atoms with Crippen molar-refractivity contribution < 1.29 is 9.47 Å². The van der Waals surface area contributed by atoms with Crippen molar-refractivity contribution in [2.24, 2.45) is 0 Å². The van der Waals surface area contributed by atoms with Crippen molar-refractivity contribution in [2.75, 3.05) is 12.1 Å². The highest BCUT2D eigenvalue weighted by Crippen LogP contribution is 2.32. The normalized spacial score (nSPS) is 12.8. The maximum atomic E-state index is 5.38. The molecule has 0 bridgehead atoms. The number of fused-ring (bicyclic) bond motifs is 1. The zero-order valence-electron chi connectivity index (χ0n) is 11.8. The van der Waals surface area contributed by atoms with E-state index < -0.39 is 0 Å². The molecule has 3 rings (SSSR count). The number of anilines is 1. The van der Waals surface area contributed by atoms with Gasteiger partial charge < -0.3 is 14.8 Å². The molecule has 2 aromatic carbocycles. The Balaban J connectivity index is 1.64. The largest absolute Gasteiger partial charge is 0.454 e. The summed E-state index contributed by atoms with van der Waals surface area (Å²) in [6, 6.07) is 14.6. The highest BCUT2D eigenvalue weighted by atomic mass is 16.7. The van der Waals surface area contributed by atoms with Crippen LogP contribution < -0.4 is 14.8 Å². The standard InChI is InChI=1S/C17H19NO2/c1-12(2)14-4-6-15(7-5-14)18-10-13-3-8-16-17(9-13)20-11-19-16/h3-9,12,18H,10-11H2,1-2H3. The van der Waals surface area contributed by atoms with Crippen LogP contribution in [0.15, 0.2) is 42.5 Å². The van der Waals surface area contributed by atoms with E-state index >= 15 is 0 Å². The molecule has 0 spiro atoms. The lowest BCUT2D eigenvalue weighted by Gasteiger charge is -2.09. The van der Waals surface area contributed by atoms with Crippen LogP contribution in [0, 0.1) is 0 Å². The molecule has 104 valence electrons. The molecule has 0 atom stereocenters. The van der Waals surface area contributed by atoms with Crippen LogP contribution in [0.5, 0.6) is 11.5 Å². The summed E-state index contributed by atoms with van der Waals surface area (Å²) < 4.78 is 10.7. The third-order valence-electron chi connectivity index (χ3n) is 3.51. The second-order valence-corrected chi connectivity index (χ2v) is 5.32. The van der Waals surface area contributed by atoms with Crippen LogP contribution in [0.4, 0.5) is 5.69 Å². The monoisotopic (exact) mass is 269 g/mol. The van der Waals surface area contributed by atoms with Gasteiger partial charge >= 0.3 is 0 Å². The van der Waals surface area contributed by atoms with Gasteiger partial charge in [0.05, 0.1) is 0 Å². The van der Waals surface area contributed by atoms with Gasteiger partial charge in [0, 0.05) is 12.2 Å². The number of hydrogen-bond donors (Lipinski definition) is 1. The van der Waals surface area contributed by atoms with Gasteiger partial charge in [-0.3, -0.25) is 0 Å². The number of rotatable bonds is 4. The van der Waals surface area contributed by atoms with E-state index in [1.807, 2.05) is 12.1 Å². The van der Waals surface area contributed by atoms with Crippen molar-refractivity contribution in [1.82, 2.24) is 0 Å². The predicted octanol–water partition coefficient (Wildman–Crippen LogP) is 4.15. The SMILES string of the molecule is CC(C)c1ccc(NCc2ccc3c(c2)OCO3)cc1. The lowest BCUT2D eigenvalue weighted by molar-refractivity contribution is 0.174. The van der Waals surface area contributed by atoms with Crippen molar-refractivity contribution in [2.45, 2.75) is 26.3 Å².